The van der Waals surface area contributed by atoms with Gasteiger partial charge in [-0.15, -0.1) is 0 Å². The Morgan fingerprint density at radius 3 is 2.80 bits per heavy atom. The van der Waals surface area contributed by atoms with Crippen molar-refractivity contribution >= 4 is 5.95 Å². The van der Waals surface area contributed by atoms with Crippen LogP contribution in [0.5, 0.6) is 0 Å². The quantitative estimate of drug-likeness (QED) is 0.793. The summed E-state index contributed by atoms with van der Waals surface area (Å²) in [5.41, 5.74) is 0. The summed E-state index contributed by atoms with van der Waals surface area (Å²) in [6, 6.07) is 0.305. The van der Waals surface area contributed by atoms with E-state index < -0.39 is 0 Å². The van der Waals surface area contributed by atoms with Gasteiger partial charge in [0.1, 0.15) is 0 Å². The fourth-order valence-corrected chi connectivity index (χ4v) is 2.86. The number of nitrogens with zero attached hydrogens (tertiary/aromatic N) is 3. The molecular formula is C15H28N4O. The molecule has 1 aliphatic heterocycles. The topological polar surface area (TPSA) is 42.3 Å². The van der Waals surface area contributed by atoms with E-state index in [9.17, 15) is 0 Å². The van der Waals surface area contributed by atoms with Crippen molar-refractivity contribution in [2.75, 3.05) is 45.2 Å². The van der Waals surface area contributed by atoms with E-state index in [1.54, 1.807) is 7.11 Å². The predicted molar refractivity (Wildman–Crippen MR) is 82.1 cm³/mol. The van der Waals surface area contributed by atoms with Crippen LogP contribution >= 0.6 is 0 Å². The molecule has 20 heavy (non-hydrogen) atoms. The third-order valence-electron chi connectivity index (χ3n) is 3.93. The van der Waals surface area contributed by atoms with Crippen molar-refractivity contribution in [3.8, 4) is 0 Å². The number of hydrogen-bond acceptors (Lipinski definition) is 4. The summed E-state index contributed by atoms with van der Waals surface area (Å²) < 4.78 is 7.36. The Morgan fingerprint density at radius 2 is 2.10 bits per heavy atom. The number of methoxy groups -OCH3 is 1. The molecule has 1 aliphatic rings. The van der Waals surface area contributed by atoms with Gasteiger partial charge in [-0.3, -0.25) is 0 Å². The van der Waals surface area contributed by atoms with E-state index in [4.69, 9.17) is 4.74 Å². The molecule has 5 heteroatoms. The van der Waals surface area contributed by atoms with Crippen molar-refractivity contribution in [2.24, 2.45) is 5.92 Å². The molecule has 1 saturated heterocycles. The molecule has 0 radical (unpaired) electrons. The molecule has 1 fully saturated rings. The van der Waals surface area contributed by atoms with Crippen molar-refractivity contribution in [3.05, 3.63) is 12.4 Å². The fraction of sp³-hybridized carbons (Fsp3) is 0.800. The number of anilines is 1. The molecule has 1 aromatic heterocycles. The second kappa shape index (κ2) is 7.64. The minimum Gasteiger partial charge on any atom is -0.383 e. The van der Waals surface area contributed by atoms with Crippen LogP contribution in [0.2, 0.25) is 0 Å². The van der Waals surface area contributed by atoms with Gasteiger partial charge >= 0.3 is 0 Å². The maximum Gasteiger partial charge on any atom is 0.203 e. The van der Waals surface area contributed by atoms with Crippen LogP contribution in [0.25, 0.3) is 0 Å². The smallest absolute Gasteiger partial charge is 0.203 e. The van der Waals surface area contributed by atoms with Crippen LogP contribution in [0.4, 0.5) is 5.95 Å². The number of likely N-dealkylation sites (tertiary alicyclic amines) is 1. The number of imidazole rings is 1. The minimum atomic E-state index is 0.305. The average Bonchev–Trinajstić information content (AvgIpc) is 3.07. The van der Waals surface area contributed by atoms with Crippen LogP contribution in [0.15, 0.2) is 12.4 Å². The van der Waals surface area contributed by atoms with Gasteiger partial charge in [-0.1, -0.05) is 6.92 Å². The Kier molecular flexibility index (Phi) is 5.86. The van der Waals surface area contributed by atoms with Crippen LogP contribution in [0, 0.1) is 5.92 Å². The molecular weight excluding hydrogens is 252 g/mol. The monoisotopic (exact) mass is 280 g/mol. The SMILES string of the molecule is COCC(C)n1ccnc1NCC(C)CN1CCCC1. The zero-order valence-electron chi connectivity index (χ0n) is 13.0. The highest BCUT2D eigenvalue weighted by Gasteiger charge is 2.15. The Hall–Kier alpha value is -1.07. The molecule has 0 bridgehead atoms. The number of aromatic nitrogens is 2. The number of nitrogens with one attached hydrogen (secondary N) is 1. The summed E-state index contributed by atoms with van der Waals surface area (Å²) in [4.78, 5) is 6.97. The Morgan fingerprint density at radius 1 is 1.35 bits per heavy atom. The van der Waals surface area contributed by atoms with E-state index in [-0.39, 0.29) is 0 Å². The first-order valence-corrected chi connectivity index (χ1v) is 7.68. The van der Waals surface area contributed by atoms with Crippen molar-refractivity contribution in [2.45, 2.75) is 32.7 Å². The fourth-order valence-electron chi connectivity index (χ4n) is 2.86. The molecule has 1 aromatic rings. The summed E-state index contributed by atoms with van der Waals surface area (Å²) in [6.07, 6.45) is 6.58. The standard InChI is InChI=1S/C15H28N4O/c1-13(11-18-7-4-5-8-18)10-17-15-16-6-9-19(15)14(2)12-20-3/h6,9,13-14H,4-5,7-8,10-12H2,1-3H3,(H,16,17). The van der Waals surface area contributed by atoms with E-state index in [0.717, 1.165) is 12.5 Å². The number of hydrogen-bond donors (Lipinski definition) is 1. The third-order valence-corrected chi connectivity index (χ3v) is 3.93. The van der Waals surface area contributed by atoms with Gasteiger partial charge in [-0.25, -0.2) is 4.98 Å². The molecule has 5 nitrogen and oxygen atoms in total. The maximum atomic E-state index is 5.21. The van der Waals surface area contributed by atoms with Gasteiger partial charge in [-0.2, -0.15) is 0 Å². The van der Waals surface area contributed by atoms with Crippen LogP contribution in [0.1, 0.15) is 32.7 Å². The minimum absolute atomic E-state index is 0.305. The first kappa shape index (κ1) is 15.3. The molecule has 114 valence electrons. The first-order chi connectivity index (χ1) is 9.70. The van der Waals surface area contributed by atoms with Gasteiger partial charge in [0.2, 0.25) is 5.95 Å². The lowest BCUT2D eigenvalue weighted by Crippen LogP contribution is -2.29. The molecule has 2 atom stereocenters. The van der Waals surface area contributed by atoms with E-state index >= 15 is 0 Å². The third kappa shape index (κ3) is 4.21. The number of ether oxygens (including phenoxy) is 1. The van der Waals surface area contributed by atoms with Gasteiger partial charge in [-0.05, 0) is 38.8 Å². The number of rotatable bonds is 8. The van der Waals surface area contributed by atoms with Gasteiger partial charge in [0, 0.05) is 32.6 Å². The highest BCUT2D eigenvalue weighted by molar-refractivity contribution is 5.26. The van der Waals surface area contributed by atoms with E-state index in [0.29, 0.717) is 18.6 Å². The van der Waals surface area contributed by atoms with Gasteiger partial charge in [0.25, 0.3) is 0 Å². The molecule has 0 spiro atoms. The summed E-state index contributed by atoms with van der Waals surface area (Å²) in [5, 5.41) is 3.48. The summed E-state index contributed by atoms with van der Waals surface area (Å²) >= 11 is 0. The van der Waals surface area contributed by atoms with Gasteiger partial charge < -0.3 is 19.5 Å². The van der Waals surface area contributed by atoms with Crippen molar-refractivity contribution in [1.82, 2.24) is 14.5 Å². The zero-order valence-corrected chi connectivity index (χ0v) is 13.0. The van der Waals surface area contributed by atoms with Gasteiger partial charge in [0.05, 0.1) is 12.6 Å². The summed E-state index contributed by atoms with van der Waals surface area (Å²) in [5.74, 6) is 1.58. The second-order valence-corrected chi connectivity index (χ2v) is 5.96. The largest absolute Gasteiger partial charge is 0.383 e. The van der Waals surface area contributed by atoms with Gasteiger partial charge in [0.15, 0.2) is 0 Å². The molecule has 0 saturated carbocycles. The first-order valence-electron chi connectivity index (χ1n) is 7.68. The average molecular weight is 280 g/mol. The Bertz CT molecular complexity index is 387. The highest BCUT2D eigenvalue weighted by atomic mass is 16.5. The van der Waals surface area contributed by atoms with Crippen LogP contribution < -0.4 is 5.32 Å². The van der Waals surface area contributed by atoms with Crippen LogP contribution in [0.3, 0.4) is 0 Å². The summed E-state index contributed by atoms with van der Waals surface area (Å²) in [6.45, 7) is 9.83. The van der Waals surface area contributed by atoms with Crippen molar-refractivity contribution in [1.29, 1.82) is 0 Å². The van der Waals surface area contributed by atoms with E-state index in [2.05, 4.69) is 33.6 Å². The predicted octanol–water partition coefficient (Wildman–Crippen LogP) is 2.23. The van der Waals surface area contributed by atoms with Crippen LogP contribution in [-0.4, -0.2) is 54.3 Å². The van der Waals surface area contributed by atoms with Crippen molar-refractivity contribution < 1.29 is 4.74 Å². The molecule has 2 rings (SSSR count). The molecule has 0 aliphatic carbocycles. The van der Waals surface area contributed by atoms with Crippen LogP contribution in [-0.2, 0) is 4.74 Å². The highest BCUT2D eigenvalue weighted by Crippen LogP contribution is 2.15. The molecule has 1 N–H and O–H groups in total. The normalized spacial score (nSPS) is 19.1. The zero-order chi connectivity index (χ0) is 14.4. The molecule has 2 unspecified atom stereocenters. The Labute approximate surface area is 122 Å². The lowest BCUT2D eigenvalue weighted by molar-refractivity contribution is 0.163. The molecule has 0 aromatic carbocycles. The second-order valence-electron chi connectivity index (χ2n) is 5.96. The van der Waals surface area contributed by atoms with Crippen molar-refractivity contribution in [3.63, 3.8) is 0 Å². The summed E-state index contributed by atoms with van der Waals surface area (Å²) in [7, 11) is 1.73. The molecule has 2 heterocycles. The Balaban J connectivity index is 1.79. The lowest BCUT2D eigenvalue weighted by atomic mass is 10.1. The molecule has 0 amide bonds. The van der Waals surface area contributed by atoms with E-state index in [1.165, 1.54) is 32.5 Å². The van der Waals surface area contributed by atoms with E-state index in [1.807, 2.05) is 12.4 Å². The lowest BCUT2D eigenvalue weighted by Gasteiger charge is -2.21. The maximum absolute atomic E-state index is 5.21.